The molecule has 0 bridgehead atoms. The summed E-state index contributed by atoms with van der Waals surface area (Å²) in [6.45, 7) is 10.8. The number of ether oxygens (including phenoxy) is 2. The Morgan fingerprint density at radius 1 is 1.26 bits per heavy atom. The fraction of sp³-hybridized carbons (Fsp3) is 0.611. The number of benzene rings is 1. The van der Waals surface area contributed by atoms with Crippen LogP contribution in [0.15, 0.2) is 18.2 Å². The number of amides is 1. The van der Waals surface area contributed by atoms with Gasteiger partial charge in [-0.1, -0.05) is 23.8 Å². The van der Waals surface area contributed by atoms with Crippen LogP contribution in [0.1, 0.15) is 29.7 Å². The molecule has 2 aliphatic heterocycles. The third-order valence-corrected chi connectivity index (χ3v) is 4.85. The highest BCUT2D eigenvalue weighted by Crippen LogP contribution is 2.28. The number of hydrogen-bond donors (Lipinski definition) is 0. The van der Waals surface area contributed by atoms with Gasteiger partial charge in [0, 0.05) is 25.7 Å². The molecule has 1 aromatic carbocycles. The van der Waals surface area contributed by atoms with E-state index in [4.69, 9.17) is 9.47 Å². The van der Waals surface area contributed by atoms with E-state index < -0.39 is 0 Å². The number of morpholine rings is 1. The number of carbonyl (C=O) groups excluding carboxylic acids is 1. The minimum atomic E-state index is -0.183. The lowest BCUT2D eigenvalue weighted by atomic mass is 9.99. The molecule has 2 aliphatic rings. The highest BCUT2D eigenvalue weighted by Gasteiger charge is 2.29. The number of aryl methyl sites for hydroxylation is 2. The molecule has 0 unspecified atom stereocenters. The first-order valence-electron chi connectivity index (χ1n) is 8.39. The lowest BCUT2D eigenvalue weighted by Gasteiger charge is -2.39. The Hall–Kier alpha value is -1.59. The monoisotopic (exact) mass is 318 g/mol. The van der Waals surface area contributed by atoms with Crippen LogP contribution >= 0.6 is 0 Å². The number of rotatable bonds is 4. The standard InChI is InChI=1S/C18H26N2O3/c1-13-4-5-14(2)16(10-13)17-11-20(15(3)12-23-17)7-6-19-8-9-22-18(19)21/h4-5,10,15,17H,6-9,11-12H2,1-3H3/t15-,17+/m0/s1. The van der Waals surface area contributed by atoms with Crippen molar-refractivity contribution in [2.75, 3.05) is 39.4 Å². The summed E-state index contributed by atoms with van der Waals surface area (Å²) in [4.78, 5) is 15.8. The summed E-state index contributed by atoms with van der Waals surface area (Å²) in [7, 11) is 0. The van der Waals surface area contributed by atoms with Gasteiger partial charge < -0.3 is 14.4 Å². The SMILES string of the molecule is Cc1ccc(C)c([C@H]2CN(CCN3CCOC3=O)[C@@H](C)CO2)c1. The number of cyclic esters (lactones) is 1. The van der Waals surface area contributed by atoms with Crippen LogP contribution in [-0.2, 0) is 9.47 Å². The van der Waals surface area contributed by atoms with Crippen LogP contribution in [0.4, 0.5) is 4.79 Å². The van der Waals surface area contributed by atoms with Crippen LogP contribution in [0.3, 0.4) is 0 Å². The van der Waals surface area contributed by atoms with E-state index in [-0.39, 0.29) is 12.2 Å². The third-order valence-electron chi connectivity index (χ3n) is 4.85. The van der Waals surface area contributed by atoms with Crippen LogP contribution in [0.5, 0.6) is 0 Å². The van der Waals surface area contributed by atoms with Crippen LogP contribution in [-0.4, -0.2) is 61.3 Å². The third kappa shape index (κ3) is 3.67. The van der Waals surface area contributed by atoms with Crippen LogP contribution in [0.25, 0.3) is 0 Å². The van der Waals surface area contributed by atoms with Gasteiger partial charge in [0.05, 0.1) is 19.3 Å². The topological polar surface area (TPSA) is 42.0 Å². The van der Waals surface area contributed by atoms with Gasteiger partial charge in [-0.2, -0.15) is 0 Å². The van der Waals surface area contributed by atoms with Gasteiger partial charge in [-0.15, -0.1) is 0 Å². The number of hydrogen-bond acceptors (Lipinski definition) is 4. The molecule has 0 radical (unpaired) electrons. The molecule has 2 heterocycles. The van der Waals surface area contributed by atoms with Gasteiger partial charge in [0.2, 0.25) is 0 Å². The molecule has 1 aromatic rings. The van der Waals surface area contributed by atoms with E-state index >= 15 is 0 Å². The summed E-state index contributed by atoms with van der Waals surface area (Å²) in [6, 6.07) is 6.90. The molecule has 5 nitrogen and oxygen atoms in total. The highest BCUT2D eigenvalue weighted by atomic mass is 16.6. The molecule has 2 saturated heterocycles. The molecule has 0 saturated carbocycles. The van der Waals surface area contributed by atoms with Crippen molar-refractivity contribution in [1.82, 2.24) is 9.80 Å². The Morgan fingerprint density at radius 3 is 2.83 bits per heavy atom. The summed E-state index contributed by atoms with van der Waals surface area (Å²) in [6.07, 6.45) is -0.0754. The van der Waals surface area contributed by atoms with E-state index in [1.807, 2.05) is 0 Å². The fourth-order valence-corrected chi connectivity index (χ4v) is 3.29. The molecule has 0 N–H and O–H groups in total. The smallest absolute Gasteiger partial charge is 0.409 e. The first-order valence-corrected chi connectivity index (χ1v) is 8.39. The Kier molecular flexibility index (Phi) is 4.87. The summed E-state index contributed by atoms with van der Waals surface area (Å²) in [5.41, 5.74) is 3.82. The summed E-state index contributed by atoms with van der Waals surface area (Å²) < 4.78 is 11.1. The first kappa shape index (κ1) is 16.3. The van der Waals surface area contributed by atoms with Gasteiger partial charge >= 0.3 is 6.09 Å². The van der Waals surface area contributed by atoms with E-state index in [1.54, 1.807) is 4.90 Å². The lowest BCUT2D eigenvalue weighted by Crippen LogP contribution is -2.48. The van der Waals surface area contributed by atoms with Crippen LogP contribution < -0.4 is 0 Å². The predicted molar refractivity (Wildman–Crippen MR) is 88.6 cm³/mol. The van der Waals surface area contributed by atoms with Crippen molar-refractivity contribution >= 4 is 6.09 Å². The Bertz CT molecular complexity index is 575. The summed E-state index contributed by atoms with van der Waals surface area (Å²) in [5, 5.41) is 0. The average molecular weight is 318 g/mol. The van der Waals surface area contributed by atoms with Crippen LogP contribution in [0.2, 0.25) is 0 Å². The number of carbonyl (C=O) groups is 1. The summed E-state index contributed by atoms with van der Waals surface area (Å²) >= 11 is 0. The van der Waals surface area contributed by atoms with Crippen molar-refractivity contribution in [2.24, 2.45) is 0 Å². The van der Waals surface area contributed by atoms with Crippen LogP contribution in [0, 0.1) is 13.8 Å². The van der Waals surface area contributed by atoms with Gasteiger partial charge in [0.1, 0.15) is 6.61 Å². The van der Waals surface area contributed by atoms with Gasteiger partial charge in [-0.05, 0) is 31.9 Å². The van der Waals surface area contributed by atoms with Crippen molar-refractivity contribution in [3.63, 3.8) is 0 Å². The quantitative estimate of drug-likeness (QED) is 0.855. The maximum Gasteiger partial charge on any atom is 0.409 e. The molecule has 0 aromatic heterocycles. The van der Waals surface area contributed by atoms with Crippen molar-refractivity contribution in [1.29, 1.82) is 0 Å². The fourth-order valence-electron chi connectivity index (χ4n) is 3.29. The zero-order chi connectivity index (χ0) is 16.4. The molecular weight excluding hydrogens is 292 g/mol. The van der Waals surface area contributed by atoms with E-state index in [0.717, 1.165) is 26.2 Å². The van der Waals surface area contributed by atoms with Gasteiger partial charge in [-0.3, -0.25) is 4.90 Å². The van der Waals surface area contributed by atoms with E-state index in [2.05, 4.69) is 43.9 Å². The normalized spacial score (nSPS) is 25.7. The molecule has 3 rings (SSSR count). The second-order valence-corrected chi connectivity index (χ2v) is 6.63. The maximum atomic E-state index is 11.6. The second kappa shape index (κ2) is 6.89. The minimum Gasteiger partial charge on any atom is -0.448 e. The molecule has 1 amide bonds. The molecule has 5 heteroatoms. The predicted octanol–water partition coefficient (Wildman–Crippen LogP) is 2.52. The van der Waals surface area contributed by atoms with E-state index in [0.29, 0.717) is 19.2 Å². The highest BCUT2D eigenvalue weighted by molar-refractivity contribution is 5.69. The largest absolute Gasteiger partial charge is 0.448 e. The van der Waals surface area contributed by atoms with E-state index in [9.17, 15) is 4.79 Å². The Labute approximate surface area is 138 Å². The Balaban J connectivity index is 1.64. The molecular formula is C18H26N2O3. The maximum absolute atomic E-state index is 11.6. The zero-order valence-corrected chi connectivity index (χ0v) is 14.2. The van der Waals surface area contributed by atoms with Gasteiger partial charge in [-0.25, -0.2) is 4.79 Å². The Morgan fingerprint density at radius 2 is 2.09 bits per heavy atom. The molecule has 0 aliphatic carbocycles. The van der Waals surface area contributed by atoms with Crippen molar-refractivity contribution in [2.45, 2.75) is 32.9 Å². The first-order chi connectivity index (χ1) is 11.0. The molecule has 126 valence electrons. The zero-order valence-electron chi connectivity index (χ0n) is 14.2. The molecule has 2 fully saturated rings. The van der Waals surface area contributed by atoms with Crippen molar-refractivity contribution in [3.8, 4) is 0 Å². The summed E-state index contributed by atoms with van der Waals surface area (Å²) in [5.74, 6) is 0. The lowest BCUT2D eigenvalue weighted by molar-refractivity contribution is -0.0611. The minimum absolute atomic E-state index is 0.108. The van der Waals surface area contributed by atoms with Gasteiger partial charge in [0.25, 0.3) is 0 Å². The van der Waals surface area contributed by atoms with Crippen molar-refractivity contribution < 1.29 is 14.3 Å². The van der Waals surface area contributed by atoms with E-state index in [1.165, 1.54) is 16.7 Å². The number of nitrogens with zero attached hydrogens (tertiary/aromatic N) is 2. The van der Waals surface area contributed by atoms with Crippen molar-refractivity contribution in [3.05, 3.63) is 34.9 Å². The molecule has 0 spiro atoms. The second-order valence-electron chi connectivity index (χ2n) is 6.63. The van der Waals surface area contributed by atoms with Gasteiger partial charge in [0.15, 0.2) is 0 Å². The average Bonchev–Trinajstić information content (AvgIpc) is 2.94. The molecule has 2 atom stereocenters. The molecule has 23 heavy (non-hydrogen) atoms.